The standard InChI is InChI=1S/C14H19N3O/c1-3-7-17-14(6-1)12(10-16-17)9-15-11-13-5-2-4-8-18-13/h1,3,6-7,10,13,15H,2,4-5,8-9,11H2. The molecule has 0 spiro atoms. The number of nitrogens with zero attached hydrogens (tertiary/aromatic N) is 2. The lowest BCUT2D eigenvalue weighted by Gasteiger charge is -2.22. The number of aromatic nitrogens is 2. The Bertz CT molecular complexity index is 502. The Hall–Kier alpha value is -1.39. The molecule has 0 aliphatic carbocycles. The fraction of sp³-hybridized carbons (Fsp3) is 0.500. The van der Waals surface area contributed by atoms with Crippen LogP contribution < -0.4 is 5.32 Å². The molecule has 1 aliphatic heterocycles. The van der Waals surface area contributed by atoms with E-state index >= 15 is 0 Å². The van der Waals surface area contributed by atoms with Crippen LogP contribution in [0.4, 0.5) is 0 Å². The lowest BCUT2D eigenvalue weighted by Crippen LogP contribution is -2.31. The van der Waals surface area contributed by atoms with Crippen molar-refractivity contribution in [3.63, 3.8) is 0 Å². The molecule has 0 bridgehead atoms. The molecular weight excluding hydrogens is 226 g/mol. The molecule has 1 aliphatic rings. The third kappa shape index (κ3) is 2.54. The number of fused-ring (bicyclic) bond motifs is 1. The summed E-state index contributed by atoms with van der Waals surface area (Å²) in [5, 5.41) is 7.80. The first-order chi connectivity index (χ1) is 8.93. The Balaban J connectivity index is 1.56. The van der Waals surface area contributed by atoms with E-state index in [1.165, 1.54) is 30.3 Å². The maximum Gasteiger partial charge on any atom is 0.0706 e. The molecule has 0 saturated carbocycles. The van der Waals surface area contributed by atoms with Crippen LogP contribution in [0.15, 0.2) is 30.6 Å². The molecule has 0 aromatic carbocycles. The molecule has 1 N–H and O–H groups in total. The van der Waals surface area contributed by atoms with Gasteiger partial charge < -0.3 is 10.1 Å². The second-order valence-corrected chi connectivity index (χ2v) is 4.82. The summed E-state index contributed by atoms with van der Waals surface area (Å²) in [5.41, 5.74) is 2.42. The number of nitrogens with one attached hydrogen (secondary N) is 1. The molecule has 3 heterocycles. The maximum atomic E-state index is 5.70. The first kappa shape index (κ1) is 11.7. The Kier molecular flexibility index (Phi) is 3.57. The van der Waals surface area contributed by atoms with Crippen LogP contribution in [0.5, 0.6) is 0 Å². The summed E-state index contributed by atoms with van der Waals surface area (Å²) in [7, 11) is 0. The van der Waals surface area contributed by atoms with E-state index < -0.39 is 0 Å². The minimum absolute atomic E-state index is 0.389. The molecule has 4 nitrogen and oxygen atoms in total. The first-order valence-electron chi connectivity index (χ1n) is 6.67. The third-order valence-corrected chi connectivity index (χ3v) is 3.47. The summed E-state index contributed by atoms with van der Waals surface area (Å²) in [6.45, 7) is 2.71. The zero-order valence-electron chi connectivity index (χ0n) is 10.5. The van der Waals surface area contributed by atoms with Crippen molar-refractivity contribution in [2.24, 2.45) is 0 Å². The van der Waals surface area contributed by atoms with Gasteiger partial charge in [0, 0.05) is 31.5 Å². The van der Waals surface area contributed by atoms with Crippen molar-refractivity contribution in [3.05, 3.63) is 36.2 Å². The first-order valence-corrected chi connectivity index (χ1v) is 6.67. The lowest BCUT2D eigenvalue weighted by atomic mass is 10.1. The summed E-state index contributed by atoms with van der Waals surface area (Å²) in [6, 6.07) is 6.14. The summed E-state index contributed by atoms with van der Waals surface area (Å²) >= 11 is 0. The van der Waals surface area contributed by atoms with E-state index in [4.69, 9.17) is 4.74 Å². The van der Waals surface area contributed by atoms with Crippen molar-refractivity contribution in [2.45, 2.75) is 31.9 Å². The van der Waals surface area contributed by atoms with Crippen LogP contribution in [0.2, 0.25) is 0 Å². The highest BCUT2D eigenvalue weighted by atomic mass is 16.5. The van der Waals surface area contributed by atoms with E-state index in [1.54, 1.807) is 0 Å². The SMILES string of the molecule is c1ccn2ncc(CNCC3CCCCO3)c2c1. The van der Waals surface area contributed by atoms with Gasteiger partial charge in [-0.15, -0.1) is 0 Å². The van der Waals surface area contributed by atoms with Gasteiger partial charge in [-0.25, -0.2) is 4.52 Å². The van der Waals surface area contributed by atoms with Crippen molar-refractivity contribution in [3.8, 4) is 0 Å². The van der Waals surface area contributed by atoms with E-state index in [9.17, 15) is 0 Å². The van der Waals surface area contributed by atoms with Gasteiger partial charge in [-0.3, -0.25) is 0 Å². The topological polar surface area (TPSA) is 38.6 Å². The molecule has 2 aromatic heterocycles. The zero-order chi connectivity index (χ0) is 12.2. The summed E-state index contributed by atoms with van der Waals surface area (Å²) < 4.78 is 7.61. The molecule has 0 radical (unpaired) electrons. The molecule has 18 heavy (non-hydrogen) atoms. The molecular formula is C14H19N3O. The molecule has 1 atom stereocenters. The van der Waals surface area contributed by atoms with E-state index in [0.717, 1.165) is 19.7 Å². The van der Waals surface area contributed by atoms with Crippen LogP contribution in [0, 0.1) is 0 Å². The van der Waals surface area contributed by atoms with Gasteiger partial charge in [0.25, 0.3) is 0 Å². The van der Waals surface area contributed by atoms with Crippen molar-refractivity contribution in [1.82, 2.24) is 14.9 Å². The molecule has 0 amide bonds. The number of pyridine rings is 1. The van der Waals surface area contributed by atoms with E-state index in [0.29, 0.717) is 6.10 Å². The predicted octanol–water partition coefficient (Wildman–Crippen LogP) is 1.99. The Morgan fingerprint density at radius 2 is 2.39 bits per heavy atom. The second kappa shape index (κ2) is 5.50. The average Bonchev–Trinajstić information content (AvgIpc) is 2.84. The average molecular weight is 245 g/mol. The van der Waals surface area contributed by atoms with Gasteiger partial charge in [-0.05, 0) is 31.4 Å². The van der Waals surface area contributed by atoms with E-state index in [-0.39, 0.29) is 0 Å². The Labute approximate surface area is 107 Å². The summed E-state index contributed by atoms with van der Waals surface area (Å²) in [5.74, 6) is 0. The highest BCUT2D eigenvalue weighted by Gasteiger charge is 2.13. The van der Waals surface area contributed by atoms with Gasteiger partial charge in [-0.1, -0.05) is 6.07 Å². The minimum atomic E-state index is 0.389. The number of rotatable bonds is 4. The van der Waals surface area contributed by atoms with Gasteiger partial charge >= 0.3 is 0 Å². The third-order valence-electron chi connectivity index (χ3n) is 3.47. The maximum absolute atomic E-state index is 5.70. The molecule has 3 rings (SSSR count). The van der Waals surface area contributed by atoms with E-state index in [2.05, 4.69) is 16.5 Å². The highest BCUT2D eigenvalue weighted by molar-refractivity contribution is 5.53. The van der Waals surface area contributed by atoms with Gasteiger partial charge in [0.15, 0.2) is 0 Å². The number of ether oxygens (including phenoxy) is 1. The normalized spacial score (nSPS) is 20.3. The smallest absolute Gasteiger partial charge is 0.0706 e. The second-order valence-electron chi connectivity index (χ2n) is 4.82. The highest BCUT2D eigenvalue weighted by Crippen LogP contribution is 2.13. The molecule has 96 valence electrons. The van der Waals surface area contributed by atoms with Crippen LogP contribution in [0.3, 0.4) is 0 Å². The van der Waals surface area contributed by atoms with Crippen LogP contribution in [-0.4, -0.2) is 28.9 Å². The van der Waals surface area contributed by atoms with Crippen LogP contribution >= 0.6 is 0 Å². The van der Waals surface area contributed by atoms with Gasteiger partial charge in [0.1, 0.15) is 0 Å². The van der Waals surface area contributed by atoms with Crippen LogP contribution in [-0.2, 0) is 11.3 Å². The fourth-order valence-electron chi connectivity index (χ4n) is 2.46. The van der Waals surface area contributed by atoms with Crippen molar-refractivity contribution >= 4 is 5.52 Å². The van der Waals surface area contributed by atoms with Gasteiger partial charge in [-0.2, -0.15) is 5.10 Å². The Morgan fingerprint density at radius 3 is 3.28 bits per heavy atom. The van der Waals surface area contributed by atoms with Crippen molar-refractivity contribution < 1.29 is 4.74 Å². The summed E-state index contributed by atoms with van der Waals surface area (Å²) in [6.07, 6.45) is 7.99. The lowest BCUT2D eigenvalue weighted by molar-refractivity contribution is 0.0168. The molecule has 2 aromatic rings. The fourth-order valence-corrected chi connectivity index (χ4v) is 2.46. The van der Waals surface area contributed by atoms with E-state index in [1.807, 2.05) is 29.0 Å². The molecule has 1 fully saturated rings. The summed E-state index contributed by atoms with van der Waals surface area (Å²) in [4.78, 5) is 0. The van der Waals surface area contributed by atoms with Crippen LogP contribution in [0.25, 0.3) is 5.52 Å². The largest absolute Gasteiger partial charge is 0.377 e. The molecule has 4 heteroatoms. The van der Waals surface area contributed by atoms with Gasteiger partial charge in [0.05, 0.1) is 17.8 Å². The minimum Gasteiger partial charge on any atom is -0.377 e. The quantitative estimate of drug-likeness (QED) is 0.895. The molecule has 1 unspecified atom stereocenters. The predicted molar refractivity (Wildman–Crippen MR) is 70.5 cm³/mol. The van der Waals surface area contributed by atoms with Crippen molar-refractivity contribution in [1.29, 1.82) is 0 Å². The van der Waals surface area contributed by atoms with Crippen molar-refractivity contribution in [2.75, 3.05) is 13.2 Å². The molecule has 1 saturated heterocycles. The zero-order valence-corrected chi connectivity index (χ0v) is 10.5. The van der Waals surface area contributed by atoms with Gasteiger partial charge in [0.2, 0.25) is 0 Å². The Morgan fingerprint density at radius 1 is 1.39 bits per heavy atom. The number of hydrogen-bond acceptors (Lipinski definition) is 3. The monoisotopic (exact) mass is 245 g/mol. The van der Waals surface area contributed by atoms with Crippen LogP contribution in [0.1, 0.15) is 24.8 Å². The number of hydrogen-bond donors (Lipinski definition) is 1.